The second-order valence-corrected chi connectivity index (χ2v) is 5.13. The van der Waals surface area contributed by atoms with Crippen molar-refractivity contribution in [2.45, 2.75) is 32.9 Å². The molecule has 0 aliphatic rings. The minimum atomic E-state index is -0.866. The first-order chi connectivity index (χ1) is 10.1. The predicted octanol–water partition coefficient (Wildman–Crippen LogP) is 3.92. The van der Waals surface area contributed by atoms with E-state index in [2.05, 4.69) is 10.4 Å². The van der Waals surface area contributed by atoms with Gasteiger partial charge in [0.2, 0.25) is 0 Å². The number of aryl methyl sites for hydroxylation is 1. The van der Waals surface area contributed by atoms with Gasteiger partial charge < -0.3 is 5.32 Å². The summed E-state index contributed by atoms with van der Waals surface area (Å²) in [6, 6.07) is 3.63. The van der Waals surface area contributed by atoms with Gasteiger partial charge in [-0.2, -0.15) is 5.10 Å². The van der Waals surface area contributed by atoms with Crippen LogP contribution in [0.25, 0.3) is 0 Å². The van der Waals surface area contributed by atoms with Crippen molar-refractivity contribution >= 4 is 11.6 Å². The molecule has 2 aromatic rings. The number of halogens is 3. The summed E-state index contributed by atoms with van der Waals surface area (Å²) in [6.45, 7) is 5.19. The molecule has 0 radical (unpaired) electrons. The Balaban J connectivity index is 2.52. The lowest BCUT2D eigenvalue weighted by Crippen LogP contribution is -2.27. The Morgan fingerprint density at radius 2 is 2.10 bits per heavy atom. The molecule has 0 aliphatic heterocycles. The molecule has 0 amide bonds. The third-order valence-electron chi connectivity index (χ3n) is 3.30. The van der Waals surface area contributed by atoms with Crippen LogP contribution in [0.3, 0.4) is 0 Å². The first kappa shape index (κ1) is 15.9. The summed E-state index contributed by atoms with van der Waals surface area (Å²) >= 11 is 6.20. The van der Waals surface area contributed by atoms with E-state index in [-0.39, 0.29) is 5.56 Å². The Morgan fingerprint density at radius 1 is 1.33 bits per heavy atom. The van der Waals surface area contributed by atoms with E-state index in [0.717, 1.165) is 12.5 Å². The first-order valence-electron chi connectivity index (χ1n) is 6.98. The average Bonchev–Trinajstić information content (AvgIpc) is 2.85. The Morgan fingerprint density at radius 3 is 2.76 bits per heavy atom. The van der Waals surface area contributed by atoms with Gasteiger partial charge in [0, 0.05) is 12.1 Å². The molecule has 21 heavy (non-hydrogen) atoms. The quantitative estimate of drug-likeness (QED) is 0.876. The molecule has 1 N–H and O–H groups in total. The SMILES string of the molecule is CCCNC(c1cccc(F)c1F)c1c(Cl)cnn1CC. The zero-order chi connectivity index (χ0) is 15.4. The van der Waals surface area contributed by atoms with Crippen LogP contribution >= 0.6 is 11.6 Å². The molecule has 1 heterocycles. The van der Waals surface area contributed by atoms with Gasteiger partial charge in [-0.15, -0.1) is 0 Å². The van der Waals surface area contributed by atoms with Crippen molar-refractivity contribution in [2.75, 3.05) is 6.54 Å². The molecule has 1 unspecified atom stereocenters. The van der Waals surface area contributed by atoms with Crippen LogP contribution in [-0.2, 0) is 6.54 Å². The lowest BCUT2D eigenvalue weighted by Gasteiger charge is -2.21. The van der Waals surface area contributed by atoms with Gasteiger partial charge >= 0.3 is 0 Å². The standard InChI is InChI=1S/C15H18ClF2N3/c1-3-8-19-14(10-6-5-7-12(17)13(10)18)15-11(16)9-20-21(15)4-2/h5-7,9,14,19H,3-4,8H2,1-2H3. The van der Waals surface area contributed by atoms with Gasteiger partial charge in [0.1, 0.15) is 0 Å². The maximum absolute atomic E-state index is 14.2. The smallest absolute Gasteiger partial charge is 0.163 e. The van der Waals surface area contributed by atoms with Crippen molar-refractivity contribution < 1.29 is 8.78 Å². The van der Waals surface area contributed by atoms with Gasteiger partial charge in [-0.3, -0.25) is 4.68 Å². The van der Waals surface area contributed by atoms with Crippen molar-refractivity contribution in [1.29, 1.82) is 0 Å². The van der Waals surface area contributed by atoms with Crippen LogP contribution < -0.4 is 5.32 Å². The van der Waals surface area contributed by atoms with Gasteiger partial charge in [-0.1, -0.05) is 30.7 Å². The molecule has 1 aromatic carbocycles. The summed E-state index contributed by atoms with van der Waals surface area (Å²) < 4.78 is 29.4. The van der Waals surface area contributed by atoms with E-state index in [9.17, 15) is 8.78 Å². The minimum Gasteiger partial charge on any atom is -0.305 e. The molecule has 3 nitrogen and oxygen atoms in total. The zero-order valence-corrected chi connectivity index (χ0v) is 12.8. The van der Waals surface area contributed by atoms with Crippen LogP contribution in [0.15, 0.2) is 24.4 Å². The van der Waals surface area contributed by atoms with E-state index in [1.54, 1.807) is 10.7 Å². The number of hydrogen-bond acceptors (Lipinski definition) is 2. The van der Waals surface area contributed by atoms with E-state index in [1.165, 1.54) is 12.3 Å². The Kier molecular flexibility index (Phi) is 5.31. The second-order valence-electron chi connectivity index (χ2n) is 4.72. The summed E-state index contributed by atoms with van der Waals surface area (Å²) in [7, 11) is 0. The number of aromatic nitrogens is 2. The summed E-state index contributed by atoms with van der Waals surface area (Å²) in [5.41, 5.74) is 0.887. The Hall–Kier alpha value is -1.46. The Bertz CT molecular complexity index is 613. The van der Waals surface area contributed by atoms with E-state index in [4.69, 9.17) is 11.6 Å². The molecule has 0 aliphatic carbocycles. The van der Waals surface area contributed by atoms with E-state index in [0.29, 0.717) is 23.8 Å². The van der Waals surface area contributed by atoms with Gasteiger partial charge in [0.05, 0.1) is 23.0 Å². The second kappa shape index (κ2) is 7.00. The molecule has 0 spiro atoms. The molecule has 0 saturated carbocycles. The first-order valence-corrected chi connectivity index (χ1v) is 7.36. The lowest BCUT2D eigenvalue weighted by atomic mass is 10.0. The third kappa shape index (κ3) is 3.24. The molecule has 1 atom stereocenters. The zero-order valence-electron chi connectivity index (χ0n) is 12.0. The topological polar surface area (TPSA) is 29.9 Å². The van der Waals surface area contributed by atoms with Crippen molar-refractivity contribution in [3.63, 3.8) is 0 Å². The highest BCUT2D eigenvalue weighted by Crippen LogP contribution is 2.30. The molecular formula is C15H18ClF2N3. The maximum Gasteiger partial charge on any atom is 0.163 e. The number of nitrogens with zero attached hydrogens (tertiary/aromatic N) is 2. The van der Waals surface area contributed by atoms with Crippen LogP contribution in [0.4, 0.5) is 8.78 Å². The predicted molar refractivity (Wildman–Crippen MR) is 79.4 cm³/mol. The van der Waals surface area contributed by atoms with Gasteiger partial charge in [0.15, 0.2) is 11.6 Å². The van der Waals surface area contributed by atoms with Crippen LogP contribution in [0.2, 0.25) is 5.02 Å². The largest absolute Gasteiger partial charge is 0.305 e. The highest BCUT2D eigenvalue weighted by Gasteiger charge is 2.25. The van der Waals surface area contributed by atoms with Crippen LogP contribution in [0.1, 0.15) is 37.6 Å². The number of hydrogen-bond donors (Lipinski definition) is 1. The molecule has 0 bridgehead atoms. The third-order valence-corrected chi connectivity index (χ3v) is 3.59. The van der Waals surface area contributed by atoms with Crippen molar-refractivity contribution in [1.82, 2.24) is 15.1 Å². The molecule has 2 rings (SSSR count). The fourth-order valence-electron chi connectivity index (χ4n) is 2.30. The van der Waals surface area contributed by atoms with Gasteiger partial charge in [-0.05, 0) is 26.0 Å². The summed E-state index contributed by atoms with van der Waals surface area (Å²) in [4.78, 5) is 0. The normalized spacial score (nSPS) is 12.6. The van der Waals surface area contributed by atoms with E-state index in [1.807, 2.05) is 13.8 Å². The van der Waals surface area contributed by atoms with Crippen molar-refractivity contribution in [3.05, 3.63) is 52.3 Å². The molecule has 114 valence electrons. The number of benzene rings is 1. The fraction of sp³-hybridized carbons (Fsp3) is 0.400. The fourth-order valence-corrected chi connectivity index (χ4v) is 2.55. The van der Waals surface area contributed by atoms with E-state index < -0.39 is 17.7 Å². The molecule has 0 saturated heterocycles. The molecule has 0 fully saturated rings. The average molecular weight is 314 g/mol. The lowest BCUT2D eigenvalue weighted by molar-refractivity contribution is 0.467. The van der Waals surface area contributed by atoms with Crippen LogP contribution in [-0.4, -0.2) is 16.3 Å². The minimum absolute atomic E-state index is 0.237. The summed E-state index contributed by atoms with van der Waals surface area (Å²) in [5, 5.41) is 7.83. The summed E-state index contributed by atoms with van der Waals surface area (Å²) in [6.07, 6.45) is 2.39. The molecule has 1 aromatic heterocycles. The van der Waals surface area contributed by atoms with Crippen molar-refractivity contribution in [3.8, 4) is 0 Å². The van der Waals surface area contributed by atoms with Crippen molar-refractivity contribution in [2.24, 2.45) is 0 Å². The summed E-state index contributed by atoms with van der Waals surface area (Å²) in [5.74, 6) is -1.72. The molecular weight excluding hydrogens is 296 g/mol. The van der Waals surface area contributed by atoms with Gasteiger partial charge in [0.25, 0.3) is 0 Å². The van der Waals surface area contributed by atoms with Crippen LogP contribution in [0.5, 0.6) is 0 Å². The Labute approximate surface area is 127 Å². The highest BCUT2D eigenvalue weighted by molar-refractivity contribution is 6.31. The van der Waals surface area contributed by atoms with Crippen LogP contribution in [0, 0.1) is 11.6 Å². The highest BCUT2D eigenvalue weighted by atomic mass is 35.5. The number of nitrogens with one attached hydrogen (secondary N) is 1. The number of rotatable bonds is 6. The molecule has 6 heteroatoms. The monoisotopic (exact) mass is 313 g/mol. The van der Waals surface area contributed by atoms with E-state index >= 15 is 0 Å². The maximum atomic E-state index is 14.2. The van der Waals surface area contributed by atoms with Gasteiger partial charge in [-0.25, -0.2) is 8.78 Å².